The minimum absolute atomic E-state index is 0.0335. The molecule has 1 heterocycles. The molecule has 6 heteroatoms. The maximum absolute atomic E-state index is 14.0. The van der Waals surface area contributed by atoms with E-state index >= 15 is 0 Å². The predicted octanol–water partition coefficient (Wildman–Crippen LogP) is 4.01. The third-order valence-corrected chi connectivity index (χ3v) is 4.04. The zero-order valence-corrected chi connectivity index (χ0v) is 12.2. The molecule has 0 unspecified atom stereocenters. The summed E-state index contributed by atoms with van der Waals surface area (Å²) in [6, 6.07) is 3.28. The second-order valence-corrected chi connectivity index (χ2v) is 5.43. The van der Waals surface area contributed by atoms with Crippen molar-refractivity contribution in [3.63, 3.8) is 0 Å². The fraction of sp³-hybridized carbons (Fsp3) is 0.231. The molecule has 0 saturated carbocycles. The first-order valence-electron chi connectivity index (χ1n) is 5.45. The van der Waals surface area contributed by atoms with Gasteiger partial charge in [-0.3, -0.25) is 0 Å². The fourth-order valence-corrected chi connectivity index (χ4v) is 3.13. The summed E-state index contributed by atoms with van der Waals surface area (Å²) in [5, 5.41) is 0.409. The Balaban J connectivity index is 2.58. The van der Waals surface area contributed by atoms with Crippen LogP contribution < -0.4 is 0 Å². The molecule has 1 aromatic carbocycles. The maximum atomic E-state index is 14.0. The van der Waals surface area contributed by atoms with E-state index in [4.69, 9.17) is 11.6 Å². The van der Waals surface area contributed by atoms with Crippen LogP contribution in [0.2, 0.25) is 5.15 Å². The Morgan fingerprint density at radius 3 is 2.68 bits per heavy atom. The highest BCUT2D eigenvalue weighted by Gasteiger charge is 2.21. The van der Waals surface area contributed by atoms with Gasteiger partial charge in [-0.15, -0.1) is 11.3 Å². The highest BCUT2D eigenvalue weighted by atomic mass is 35.5. The molecule has 19 heavy (non-hydrogen) atoms. The number of nitrogens with zero attached hydrogens (tertiary/aromatic N) is 1. The maximum Gasteiger partial charge on any atom is 0.351 e. The molecule has 0 atom stereocenters. The van der Waals surface area contributed by atoms with Crippen molar-refractivity contribution in [2.75, 3.05) is 7.11 Å². The number of methoxy groups -OCH3 is 1. The molecule has 0 bridgehead atoms. The van der Waals surface area contributed by atoms with Crippen LogP contribution in [0.3, 0.4) is 0 Å². The molecule has 0 aliphatic carbocycles. The number of rotatable bonds is 2. The van der Waals surface area contributed by atoms with Crippen molar-refractivity contribution in [1.29, 1.82) is 0 Å². The molecule has 0 fully saturated rings. The van der Waals surface area contributed by atoms with Crippen LogP contribution in [0.5, 0.6) is 0 Å². The molecule has 0 aliphatic heterocycles. The van der Waals surface area contributed by atoms with Gasteiger partial charge in [0.2, 0.25) is 0 Å². The number of benzene rings is 1. The standard InChI is InChI=1S/C13H11ClFNO2S/c1-6-4-7(2)9(8(15)5-6)12-16-11(14)10(19-12)13(17)18-3/h4-5H,1-3H3. The van der Waals surface area contributed by atoms with Crippen LogP contribution >= 0.6 is 22.9 Å². The van der Waals surface area contributed by atoms with Gasteiger partial charge in [0.1, 0.15) is 10.8 Å². The zero-order chi connectivity index (χ0) is 14.2. The average molecular weight is 300 g/mol. The summed E-state index contributed by atoms with van der Waals surface area (Å²) < 4.78 is 18.6. The third kappa shape index (κ3) is 2.62. The van der Waals surface area contributed by atoms with Crippen molar-refractivity contribution in [2.24, 2.45) is 0 Å². The van der Waals surface area contributed by atoms with Crippen LogP contribution in [0.15, 0.2) is 12.1 Å². The van der Waals surface area contributed by atoms with E-state index < -0.39 is 5.97 Å². The van der Waals surface area contributed by atoms with E-state index in [1.54, 1.807) is 6.92 Å². The summed E-state index contributed by atoms with van der Waals surface area (Å²) in [6.07, 6.45) is 0. The van der Waals surface area contributed by atoms with E-state index in [9.17, 15) is 9.18 Å². The number of ether oxygens (including phenoxy) is 1. The summed E-state index contributed by atoms with van der Waals surface area (Å²) in [5.41, 5.74) is 1.95. The Kier molecular flexibility index (Phi) is 3.87. The Hall–Kier alpha value is -1.46. The van der Waals surface area contributed by atoms with Gasteiger partial charge in [-0.1, -0.05) is 17.7 Å². The summed E-state index contributed by atoms with van der Waals surface area (Å²) in [4.78, 5) is 15.7. The molecular weight excluding hydrogens is 289 g/mol. The number of aryl methyl sites for hydroxylation is 2. The number of carbonyl (C=O) groups is 1. The van der Waals surface area contributed by atoms with E-state index in [1.807, 2.05) is 13.0 Å². The smallest absolute Gasteiger partial charge is 0.351 e. The second-order valence-electron chi connectivity index (χ2n) is 4.07. The number of hydrogen-bond donors (Lipinski definition) is 0. The monoisotopic (exact) mass is 299 g/mol. The third-order valence-electron chi connectivity index (χ3n) is 2.60. The second kappa shape index (κ2) is 5.27. The first-order chi connectivity index (χ1) is 8.93. The van der Waals surface area contributed by atoms with Gasteiger partial charge in [0, 0.05) is 5.56 Å². The normalized spacial score (nSPS) is 10.6. The fourth-order valence-electron chi connectivity index (χ4n) is 1.81. The minimum Gasteiger partial charge on any atom is -0.465 e. The lowest BCUT2D eigenvalue weighted by molar-refractivity contribution is 0.0606. The lowest BCUT2D eigenvalue weighted by Crippen LogP contribution is -1.98. The van der Waals surface area contributed by atoms with Crippen molar-refractivity contribution >= 4 is 28.9 Å². The van der Waals surface area contributed by atoms with Gasteiger partial charge in [-0.05, 0) is 31.0 Å². The quantitative estimate of drug-likeness (QED) is 0.787. The molecule has 2 aromatic rings. The Bertz CT molecular complexity index is 631. The van der Waals surface area contributed by atoms with Crippen molar-refractivity contribution in [3.05, 3.63) is 39.1 Å². The lowest BCUT2D eigenvalue weighted by atomic mass is 10.1. The van der Waals surface area contributed by atoms with Crippen LogP contribution in [0.25, 0.3) is 10.6 Å². The highest BCUT2D eigenvalue weighted by Crippen LogP contribution is 2.35. The van der Waals surface area contributed by atoms with Crippen LogP contribution in [0, 0.1) is 19.7 Å². The summed E-state index contributed by atoms with van der Waals surface area (Å²) in [7, 11) is 1.26. The minimum atomic E-state index is -0.570. The Labute approximate surface area is 119 Å². The van der Waals surface area contributed by atoms with E-state index in [1.165, 1.54) is 13.2 Å². The molecule has 3 nitrogen and oxygen atoms in total. The van der Waals surface area contributed by atoms with Crippen molar-refractivity contribution in [3.8, 4) is 10.6 Å². The lowest BCUT2D eigenvalue weighted by Gasteiger charge is -2.05. The molecule has 0 N–H and O–H groups in total. The molecule has 0 saturated heterocycles. The molecule has 2 rings (SSSR count). The topological polar surface area (TPSA) is 39.2 Å². The molecule has 0 spiro atoms. The number of hydrogen-bond acceptors (Lipinski definition) is 4. The highest BCUT2D eigenvalue weighted by molar-refractivity contribution is 7.17. The van der Waals surface area contributed by atoms with E-state index in [0.29, 0.717) is 10.6 Å². The van der Waals surface area contributed by atoms with E-state index in [0.717, 1.165) is 22.5 Å². The van der Waals surface area contributed by atoms with Gasteiger partial charge in [-0.2, -0.15) is 0 Å². The predicted molar refractivity (Wildman–Crippen MR) is 73.3 cm³/mol. The summed E-state index contributed by atoms with van der Waals surface area (Å²) >= 11 is 6.90. The number of esters is 1. The molecule has 100 valence electrons. The summed E-state index contributed by atoms with van der Waals surface area (Å²) in [5.74, 6) is -0.946. The number of carbonyl (C=O) groups excluding carboxylic acids is 1. The average Bonchev–Trinajstić information content (AvgIpc) is 2.68. The van der Waals surface area contributed by atoms with Crippen molar-refractivity contribution < 1.29 is 13.9 Å². The largest absolute Gasteiger partial charge is 0.465 e. The first kappa shape index (κ1) is 14.0. The molecule has 1 aromatic heterocycles. The molecule has 0 aliphatic rings. The Morgan fingerprint density at radius 1 is 1.42 bits per heavy atom. The van der Waals surface area contributed by atoms with Gasteiger partial charge >= 0.3 is 5.97 Å². The molecule has 0 amide bonds. The number of thiazole rings is 1. The van der Waals surface area contributed by atoms with Crippen molar-refractivity contribution in [2.45, 2.75) is 13.8 Å². The van der Waals surface area contributed by atoms with Crippen LogP contribution in [-0.2, 0) is 4.74 Å². The van der Waals surface area contributed by atoms with E-state index in [2.05, 4.69) is 9.72 Å². The number of halogens is 2. The van der Waals surface area contributed by atoms with Gasteiger partial charge < -0.3 is 4.74 Å². The molecule has 0 radical (unpaired) electrons. The summed E-state index contributed by atoms with van der Waals surface area (Å²) in [6.45, 7) is 3.60. The molecular formula is C13H11ClFNO2S. The van der Waals surface area contributed by atoms with Gasteiger partial charge in [0.05, 0.1) is 7.11 Å². The zero-order valence-electron chi connectivity index (χ0n) is 10.6. The van der Waals surface area contributed by atoms with Gasteiger partial charge in [0.25, 0.3) is 0 Å². The van der Waals surface area contributed by atoms with E-state index in [-0.39, 0.29) is 15.8 Å². The van der Waals surface area contributed by atoms with Crippen LogP contribution in [-0.4, -0.2) is 18.1 Å². The van der Waals surface area contributed by atoms with Crippen molar-refractivity contribution in [1.82, 2.24) is 4.98 Å². The van der Waals surface area contributed by atoms with Crippen LogP contribution in [0.1, 0.15) is 20.8 Å². The SMILES string of the molecule is COC(=O)c1sc(-c2c(C)cc(C)cc2F)nc1Cl. The van der Waals surface area contributed by atoms with Crippen LogP contribution in [0.4, 0.5) is 4.39 Å². The van der Waals surface area contributed by atoms with Gasteiger partial charge in [-0.25, -0.2) is 14.2 Å². The first-order valence-corrected chi connectivity index (χ1v) is 6.65. The van der Waals surface area contributed by atoms with Gasteiger partial charge in [0.15, 0.2) is 10.0 Å². The Morgan fingerprint density at radius 2 is 2.11 bits per heavy atom. The number of aromatic nitrogens is 1.